The van der Waals surface area contributed by atoms with Gasteiger partial charge in [-0.15, -0.1) is 0 Å². The molecule has 37 heavy (non-hydrogen) atoms. The van der Waals surface area contributed by atoms with E-state index in [0.717, 1.165) is 24.8 Å². The third kappa shape index (κ3) is 9.22. The maximum absolute atomic E-state index is 14.0. The number of nitrogens with two attached hydrogens (primary N) is 1. The first-order valence-corrected chi connectivity index (χ1v) is 13.0. The Bertz CT molecular complexity index is 987. The predicted octanol–water partition coefficient (Wildman–Crippen LogP) is 3.68. The van der Waals surface area contributed by atoms with Gasteiger partial charge >= 0.3 is 6.09 Å². The van der Waals surface area contributed by atoms with E-state index in [9.17, 15) is 19.2 Å². The highest BCUT2D eigenvalue weighted by atomic mass is 16.6. The maximum Gasteiger partial charge on any atom is 0.408 e. The van der Waals surface area contributed by atoms with Crippen molar-refractivity contribution in [1.82, 2.24) is 15.5 Å². The van der Waals surface area contributed by atoms with Gasteiger partial charge < -0.3 is 26.0 Å². The quantitative estimate of drug-likeness (QED) is 0.346. The summed E-state index contributed by atoms with van der Waals surface area (Å²) in [7, 11) is 0. The van der Waals surface area contributed by atoms with Crippen LogP contribution in [-0.2, 0) is 19.1 Å². The molecule has 4 amide bonds. The van der Waals surface area contributed by atoms with Gasteiger partial charge in [0.2, 0.25) is 17.7 Å². The molecule has 1 saturated carbocycles. The van der Waals surface area contributed by atoms with Gasteiger partial charge in [0, 0.05) is 12.6 Å². The molecule has 1 aliphatic carbocycles. The maximum atomic E-state index is 14.0. The molecule has 1 aliphatic rings. The van der Waals surface area contributed by atoms with Crippen molar-refractivity contribution < 1.29 is 23.9 Å². The van der Waals surface area contributed by atoms with Crippen LogP contribution in [0.1, 0.15) is 83.9 Å². The number of ether oxygens (including phenoxy) is 1. The number of rotatable bonds is 13. The molecule has 4 N–H and O–H groups in total. The molecule has 0 bridgehead atoms. The highest BCUT2D eigenvalue weighted by Crippen LogP contribution is 2.41. The topological polar surface area (TPSA) is 131 Å². The average molecular weight is 515 g/mol. The minimum atomic E-state index is -1.28. The van der Waals surface area contributed by atoms with Crippen LogP contribution < -0.4 is 16.4 Å². The number of amides is 4. The Balaban J connectivity index is 2.47. The lowest BCUT2D eigenvalue weighted by Crippen LogP contribution is -2.55. The Labute approximate surface area is 220 Å². The number of benzene rings is 1. The van der Waals surface area contributed by atoms with Crippen molar-refractivity contribution in [2.75, 3.05) is 6.54 Å². The molecule has 0 heterocycles. The van der Waals surface area contributed by atoms with Gasteiger partial charge in [0.25, 0.3) is 0 Å². The highest BCUT2D eigenvalue weighted by Gasteiger charge is 2.48. The molecule has 9 nitrogen and oxygen atoms in total. The summed E-state index contributed by atoms with van der Waals surface area (Å²) in [5.41, 5.74) is 6.06. The minimum Gasteiger partial charge on any atom is -0.444 e. The zero-order valence-electron chi connectivity index (χ0n) is 22.7. The summed E-state index contributed by atoms with van der Waals surface area (Å²) in [6.07, 6.45) is 3.90. The van der Waals surface area contributed by atoms with Crippen LogP contribution in [0.3, 0.4) is 0 Å². The van der Waals surface area contributed by atoms with E-state index in [2.05, 4.69) is 24.1 Å². The summed E-state index contributed by atoms with van der Waals surface area (Å²) in [6, 6.07) is 4.81. The summed E-state index contributed by atoms with van der Waals surface area (Å²) >= 11 is 0. The molecule has 4 unspecified atom stereocenters. The monoisotopic (exact) mass is 514 g/mol. The van der Waals surface area contributed by atoms with Crippen LogP contribution >= 0.6 is 0 Å². The number of carbonyl (C=O) groups excluding carboxylic acids is 4. The third-order valence-electron chi connectivity index (χ3n) is 6.14. The summed E-state index contributed by atoms with van der Waals surface area (Å²) in [4.78, 5) is 53.5. The van der Waals surface area contributed by atoms with Gasteiger partial charge in [0.15, 0.2) is 0 Å². The molecule has 0 radical (unpaired) electrons. The Hall–Kier alpha value is -3.36. The normalized spacial score (nSPS) is 18.2. The van der Waals surface area contributed by atoms with E-state index in [0.29, 0.717) is 18.5 Å². The fourth-order valence-corrected chi connectivity index (χ4v) is 4.18. The van der Waals surface area contributed by atoms with Gasteiger partial charge in [-0.1, -0.05) is 57.5 Å². The summed E-state index contributed by atoms with van der Waals surface area (Å²) in [5.74, 6) is -1.48. The van der Waals surface area contributed by atoms with Gasteiger partial charge in [0.05, 0.1) is 6.42 Å². The second kappa shape index (κ2) is 13.3. The van der Waals surface area contributed by atoms with Crippen LogP contribution in [0.2, 0.25) is 0 Å². The number of hydrogen-bond donors (Lipinski definition) is 3. The van der Waals surface area contributed by atoms with Gasteiger partial charge in [-0.05, 0) is 56.7 Å². The van der Waals surface area contributed by atoms with Crippen LogP contribution in [0.4, 0.5) is 4.79 Å². The smallest absolute Gasteiger partial charge is 0.408 e. The lowest BCUT2D eigenvalue weighted by molar-refractivity contribution is -0.144. The third-order valence-corrected chi connectivity index (χ3v) is 6.14. The second-order valence-electron chi connectivity index (χ2n) is 10.7. The standard InChI is InChI=1S/C28H42N4O5/c1-7-9-10-14-30-25(34)24(20-13-11-12-19(8-2)16-20)32(22-15-18(22)3)26(35)21(17-23(29)33)31-27(36)37-28(4,5)6/h8,11-13,16,18,21-22,24H,2,7,9-10,14-15,17H2,1,3-6H3,(H2,29,33)(H,30,34)(H,31,36). The number of hydrogen-bond acceptors (Lipinski definition) is 5. The van der Waals surface area contributed by atoms with Crippen molar-refractivity contribution in [3.8, 4) is 0 Å². The van der Waals surface area contributed by atoms with Crippen molar-refractivity contribution in [3.63, 3.8) is 0 Å². The van der Waals surface area contributed by atoms with E-state index in [1.165, 1.54) is 4.90 Å². The first-order valence-electron chi connectivity index (χ1n) is 13.0. The molecule has 9 heteroatoms. The molecular formula is C28H42N4O5. The van der Waals surface area contributed by atoms with Gasteiger partial charge in [-0.3, -0.25) is 14.4 Å². The van der Waals surface area contributed by atoms with E-state index >= 15 is 0 Å². The van der Waals surface area contributed by atoms with Crippen LogP contribution in [0, 0.1) is 5.92 Å². The Kier molecular flexibility index (Phi) is 10.7. The van der Waals surface area contributed by atoms with E-state index in [4.69, 9.17) is 10.5 Å². The summed E-state index contributed by atoms with van der Waals surface area (Å²) < 4.78 is 5.31. The van der Waals surface area contributed by atoms with E-state index in [-0.39, 0.29) is 17.9 Å². The number of nitrogens with one attached hydrogen (secondary N) is 2. The Morgan fingerprint density at radius 1 is 1.24 bits per heavy atom. The molecular weight excluding hydrogens is 472 g/mol. The van der Waals surface area contributed by atoms with Crippen molar-refractivity contribution in [2.45, 2.75) is 90.4 Å². The SMILES string of the molecule is C=Cc1cccc(C(C(=O)NCCCCC)N(C(=O)C(CC(N)=O)NC(=O)OC(C)(C)C)C2CC2C)c1. The second-order valence-corrected chi connectivity index (χ2v) is 10.7. The van der Waals surface area contributed by atoms with E-state index < -0.39 is 42.0 Å². The van der Waals surface area contributed by atoms with E-state index in [1.807, 2.05) is 25.1 Å². The van der Waals surface area contributed by atoms with Gasteiger partial charge in [-0.25, -0.2) is 4.79 Å². The molecule has 0 aliphatic heterocycles. The van der Waals surface area contributed by atoms with Crippen molar-refractivity contribution in [2.24, 2.45) is 11.7 Å². The Morgan fingerprint density at radius 3 is 2.46 bits per heavy atom. The number of nitrogens with zero attached hydrogens (tertiary/aromatic N) is 1. The number of unbranched alkanes of at least 4 members (excludes halogenated alkanes) is 2. The predicted molar refractivity (Wildman–Crippen MR) is 143 cm³/mol. The first-order chi connectivity index (χ1) is 17.4. The highest BCUT2D eigenvalue weighted by molar-refractivity contribution is 5.95. The molecule has 0 aromatic heterocycles. The zero-order valence-corrected chi connectivity index (χ0v) is 22.7. The molecule has 1 fully saturated rings. The number of carbonyl (C=O) groups is 4. The minimum absolute atomic E-state index is 0.151. The molecule has 1 aromatic carbocycles. The zero-order chi connectivity index (χ0) is 27.8. The molecule has 2 rings (SSSR count). The number of alkyl carbamates (subject to hydrolysis) is 1. The van der Waals surface area contributed by atoms with Crippen LogP contribution in [-0.4, -0.2) is 52.9 Å². The molecule has 0 spiro atoms. The fourth-order valence-electron chi connectivity index (χ4n) is 4.18. The van der Waals surface area contributed by atoms with Crippen molar-refractivity contribution >= 4 is 29.9 Å². The first kappa shape index (κ1) is 29.9. The largest absolute Gasteiger partial charge is 0.444 e. The van der Waals surface area contributed by atoms with E-state index in [1.54, 1.807) is 32.9 Å². The average Bonchev–Trinajstić information content (AvgIpc) is 3.53. The molecule has 204 valence electrons. The number of primary amides is 1. The van der Waals surface area contributed by atoms with Gasteiger partial charge in [-0.2, -0.15) is 0 Å². The Morgan fingerprint density at radius 2 is 1.92 bits per heavy atom. The summed E-state index contributed by atoms with van der Waals surface area (Å²) in [6.45, 7) is 13.5. The van der Waals surface area contributed by atoms with Crippen LogP contribution in [0.25, 0.3) is 6.08 Å². The summed E-state index contributed by atoms with van der Waals surface area (Å²) in [5, 5.41) is 5.48. The van der Waals surface area contributed by atoms with Gasteiger partial charge in [0.1, 0.15) is 17.7 Å². The van der Waals surface area contributed by atoms with Crippen molar-refractivity contribution in [1.29, 1.82) is 0 Å². The lowest BCUT2D eigenvalue weighted by atomic mass is 9.99. The van der Waals surface area contributed by atoms with Crippen LogP contribution in [0.15, 0.2) is 30.8 Å². The molecule has 0 saturated heterocycles. The fraction of sp³-hybridized carbons (Fsp3) is 0.571. The lowest BCUT2D eigenvalue weighted by Gasteiger charge is -2.35. The molecule has 4 atom stereocenters. The van der Waals surface area contributed by atoms with Crippen LogP contribution in [0.5, 0.6) is 0 Å². The molecule has 1 aromatic rings. The van der Waals surface area contributed by atoms with Crippen molar-refractivity contribution in [3.05, 3.63) is 42.0 Å².